The van der Waals surface area contributed by atoms with E-state index in [4.69, 9.17) is 0 Å². The van der Waals surface area contributed by atoms with Gasteiger partial charge in [-0.3, -0.25) is 4.79 Å². The zero-order valence-electron chi connectivity index (χ0n) is 11.8. The second kappa shape index (κ2) is 5.92. The minimum absolute atomic E-state index is 0.158. The maximum atomic E-state index is 12.6. The molecule has 3 nitrogen and oxygen atoms in total. The van der Waals surface area contributed by atoms with Crippen LogP contribution >= 0.6 is 27.7 Å². The van der Waals surface area contributed by atoms with Gasteiger partial charge in [0, 0.05) is 40.8 Å². The van der Waals surface area contributed by atoms with Crippen molar-refractivity contribution in [3.63, 3.8) is 0 Å². The van der Waals surface area contributed by atoms with Crippen LogP contribution in [0.2, 0.25) is 0 Å². The number of carbonyl (C=O) groups excluding carboxylic acids is 1. The van der Waals surface area contributed by atoms with E-state index in [1.54, 1.807) is 0 Å². The van der Waals surface area contributed by atoms with E-state index in [1.807, 2.05) is 33.5 Å². The zero-order valence-corrected chi connectivity index (χ0v) is 14.2. The molecule has 5 heteroatoms. The van der Waals surface area contributed by atoms with Crippen LogP contribution in [-0.2, 0) is 6.54 Å². The van der Waals surface area contributed by atoms with Crippen molar-refractivity contribution in [1.29, 1.82) is 0 Å². The molecule has 19 heavy (non-hydrogen) atoms. The lowest BCUT2D eigenvalue weighted by atomic mass is 10.1. The first kappa shape index (κ1) is 15.0. The summed E-state index contributed by atoms with van der Waals surface area (Å²) in [5, 5.41) is 0. The highest BCUT2D eigenvalue weighted by atomic mass is 79.9. The van der Waals surface area contributed by atoms with E-state index in [2.05, 4.69) is 36.7 Å². The molecule has 1 fully saturated rings. The second-order valence-electron chi connectivity index (χ2n) is 5.48. The fourth-order valence-electron chi connectivity index (χ4n) is 2.30. The molecule has 1 amide bonds. The van der Waals surface area contributed by atoms with E-state index >= 15 is 0 Å². The van der Waals surface area contributed by atoms with Gasteiger partial charge in [-0.1, -0.05) is 13.8 Å². The van der Waals surface area contributed by atoms with Crippen molar-refractivity contribution in [2.24, 2.45) is 0 Å². The predicted octanol–water partition coefficient (Wildman–Crippen LogP) is 3.63. The molecule has 0 aromatic carbocycles. The molecule has 1 aromatic rings. The molecule has 0 saturated carbocycles. The number of nitrogens with zero attached hydrogens (tertiary/aromatic N) is 2. The summed E-state index contributed by atoms with van der Waals surface area (Å²) in [6.07, 6.45) is 3.03. The highest BCUT2D eigenvalue weighted by Gasteiger charge is 2.27. The molecule has 1 aliphatic heterocycles. The molecule has 1 aromatic heterocycles. The summed E-state index contributed by atoms with van der Waals surface area (Å²) < 4.78 is 3.26. The Balaban J connectivity index is 2.15. The fraction of sp³-hybridized carbons (Fsp3) is 0.643. The first-order chi connectivity index (χ1) is 8.93. The monoisotopic (exact) mass is 344 g/mol. The van der Waals surface area contributed by atoms with Gasteiger partial charge >= 0.3 is 0 Å². The molecule has 0 atom stereocenters. The number of carbonyl (C=O) groups is 1. The van der Waals surface area contributed by atoms with Crippen LogP contribution in [0.25, 0.3) is 0 Å². The summed E-state index contributed by atoms with van der Waals surface area (Å²) in [5.74, 6) is 1.18. The Kier molecular flexibility index (Phi) is 4.66. The molecule has 106 valence electrons. The number of hydrogen-bond acceptors (Lipinski definition) is 2. The van der Waals surface area contributed by atoms with Gasteiger partial charge in [0.15, 0.2) is 0 Å². The number of amides is 1. The summed E-state index contributed by atoms with van der Waals surface area (Å²) in [5.41, 5.74) is 0.791. The largest absolute Gasteiger partial charge is 0.343 e. The molecule has 1 aliphatic rings. The SMILES string of the molecule is CCn1cc(Br)cc1C(=O)N1CCSC(C)(C)CC1. The maximum Gasteiger partial charge on any atom is 0.270 e. The first-order valence-corrected chi connectivity index (χ1v) is 8.50. The number of halogens is 1. The smallest absolute Gasteiger partial charge is 0.270 e. The van der Waals surface area contributed by atoms with Crippen LogP contribution in [0.5, 0.6) is 0 Å². The molecule has 0 unspecified atom stereocenters. The van der Waals surface area contributed by atoms with Crippen LogP contribution in [0.1, 0.15) is 37.7 Å². The number of hydrogen-bond donors (Lipinski definition) is 0. The van der Waals surface area contributed by atoms with Crippen molar-refractivity contribution in [2.75, 3.05) is 18.8 Å². The normalized spacial score (nSPS) is 19.3. The Morgan fingerprint density at radius 2 is 2.21 bits per heavy atom. The average molecular weight is 345 g/mol. The molecular weight excluding hydrogens is 324 g/mol. The molecule has 0 N–H and O–H groups in total. The van der Waals surface area contributed by atoms with Crippen LogP contribution < -0.4 is 0 Å². The van der Waals surface area contributed by atoms with Gasteiger partial charge in [0.25, 0.3) is 5.91 Å². The highest BCUT2D eigenvalue weighted by molar-refractivity contribution is 9.10. The van der Waals surface area contributed by atoms with Crippen molar-refractivity contribution in [1.82, 2.24) is 9.47 Å². The van der Waals surface area contributed by atoms with Crippen molar-refractivity contribution in [3.8, 4) is 0 Å². The molecule has 1 saturated heterocycles. The molecular formula is C14H21BrN2OS. The van der Waals surface area contributed by atoms with Crippen LogP contribution in [0.4, 0.5) is 0 Å². The van der Waals surface area contributed by atoms with Gasteiger partial charge in [0.1, 0.15) is 5.69 Å². The third kappa shape index (κ3) is 3.57. The van der Waals surface area contributed by atoms with E-state index in [9.17, 15) is 4.79 Å². The lowest BCUT2D eigenvalue weighted by molar-refractivity contribution is 0.0754. The lowest BCUT2D eigenvalue weighted by Crippen LogP contribution is -2.34. The third-order valence-corrected chi connectivity index (χ3v) is 5.35. The van der Waals surface area contributed by atoms with Crippen molar-refractivity contribution in [3.05, 3.63) is 22.4 Å². The van der Waals surface area contributed by atoms with Crippen LogP contribution in [0, 0.1) is 0 Å². The Hall–Kier alpha value is -0.420. The number of rotatable bonds is 2. The van der Waals surface area contributed by atoms with E-state index in [1.165, 1.54) is 0 Å². The Morgan fingerprint density at radius 1 is 1.47 bits per heavy atom. The zero-order chi connectivity index (χ0) is 14.0. The minimum atomic E-state index is 0.158. The van der Waals surface area contributed by atoms with Gasteiger partial charge in [0.2, 0.25) is 0 Å². The molecule has 0 spiro atoms. The van der Waals surface area contributed by atoms with Crippen LogP contribution in [0.15, 0.2) is 16.7 Å². The Bertz CT molecular complexity index is 470. The highest BCUT2D eigenvalue weighted by Crippen LogP contribution is 2.31. The van der Waals surface area contributed by atoms with Crippen LogP contribution in [0.3, 0.4) is 0 Å². The van der Waals surface area contributed by atoms with Crippen LogP contribution in [-0.4, -0.2) is 39.0 Å². The Morgan fingerprint density at radius 3 is 2.89 bits per heavy atom. The average Bonchev–Trinajstić information content (AvgIpc) is 2.63. The predicted molar refractivity (Wildman–Crippen MR) is 84.9 cm³/mol. The number of aryl methyl sites for hydroxylation is 1. The third-order valence-electron chi connectivity index (χ3n) is 3.55. The molecule has 0 radical (unpaired) electrons. The summed E-state index contributed by atoms with van der Waals surface area (Å²) in [7, 11) is 0. The fourth-order valence-corrected chi connectivity index (χ4v) is 3.86. The maximum absolute atomic E-state index is 12.6. The van der Waals surface area contributed by atoms with Gasteiger partial charge in [-0.15, -0.1) is 0 Å². The number of thioether (sulfide) groups is 1. The van der Waals surface area contributed by atoms with E-state index in [0.717, 1.165) is 42.0 Å². The summed E-state index contributed by atoms with van der Waals surface area (Å²) in [6, 6.07) is 1.93. The molecule has 0 aliphatic carbocycles. The van der Waals surface area contributed by atoms with E-state index in [0.29, 0.717) is 0 Å². The van der Waals surface area contributed by atoms with Gasteiger partial charge in [-0.2, -0.15) is 11.8 Å². The summed E-state index contributed by atoms with van der Waals surface area (Å²) >= 11 is 5.42. The van der Waals surface area contributed by atoms with E-state index < -0.39 is 0 Å². The second-order valence-corrected chi connectivity index (χ2v) is 8.20. The minimum Gasteiger partial charge on any atom is -0.343 e. The van der Waals surface area contributed by atoms with Crippen molar-refractivity contribution < 1.29 is 4.79 Å². The quantitative estimate of drug-likeness (QED) is 0.818. The van der Waals surface area contributed by atoms with Gasteiger partial charge in [-0.25, -0.2) is 0 Å². The topological polar surface area (TPSA) is 25.2 Å². The van der Waals surface area contributed by atoms with E-state index in [-0.39, 0.29) is 10.7 Å². The van der Waals surface area contributed by atoms with Gasteiger partial charge in [-0.05, 0) is 35.3 Å². The van der Waals surface area contributed by atoms with Gasteiger partial charge in [0.05, 0.1) is 0 Å². The summed E-state index contributed by atoms with van der Waals surface area (Å²) in [6.45, 7) is 9.10. The summed E-state index contributed by atoms with van der Waals surface area (Å²) in [4.78, 5) is 14.6. The lowest BCUT2D eigenvalue weighted by Gasteiger charge is -2.23. The van der Waals surface area contributed by atoms with Crippen molar-refractivity contribution in [2.45, 2.75) is 38.5 Å². The molecule has 2 heterocycles. The molecule has 0 bridgehead atoms. The molecule has 2 rings (SSSR count). The first-order valence-electron chi connectivity index (χ1n) is 6.72. The van der Waals surface area contributed by atoms with Gasteiger partial charge < -0.3 is 9.47 Å². The number of aromatic nitrogens is 1. The standard InChI is InChI=1S/C14H21BrN2OS/c1-4-16-10-11(15)9-12(16)13(18)17-6-5-14(2,3)19-8-7-17/h9-10H,4-8H2,1-3H3. The van der Waals surface area contributed by atoms with Crippen molar-refractivity contribution >= 4 is 33.6 Å². The Labute approximate surface area is 127 Å².